The molecule has 1 aliphatic rings. The molecule has 0 bridgehead atoms. The first-order valence-corrected chi connectivity index (χ1v) is 6.93. The van der Waals surface area contributed by atoms with E-state index in [9.17, 15) is 14.7 Å². The molecule has 0 atom stereocenters. The first-order valence-electron chi connectivity index (χ1n) is 6.93. The summed E-state index contributed by atoms with van der Waals surface area (Å²) in [6, 6.07) is 5.74. The quantitative estimate of drug-likeness (QED) is 0.834. The summed E-state index contributed by atoms with van der Waals surface area (Å²) in [6.07, 6.45) is 1.48. The fourth-order valence-electron chi connectivity index (χ4n) is 2.53. The highest BCUT2D eigenvalue weighted by atomic mass is 16.3. The van der Waals surface area contributed by atoms with Crippen molar-refractivity contribution in [2.75, 3.05) is 13.1 Å². The molecule has 1 aliphatic heterocycles. The number of hydrogen-bond acceptors (Lipinski definition) is 3. The van der Waals surface area contributed by atoms with Gasteiger partial charge in [0.1, 0.15) is 5.60 Å². The molecule has 4 heteroatoms. The number of ketones is 1. The van der Waals surface area contributed by atoms with Crippen molar-refractivity contribution in [2.45, 2.75) is 39.2 Å². The molecule has 0 unspecified atom stereocenters. The first-order chi connectivity index (χ1) is 9.29. The Morgan fingerprint density at radius 3 is 2.30 bits per heavy atom. The van der Waals surface area contributed by atoms with Crippen molar-refractivity contribution in [1.29, 1.82) is 0 Å². The van der Waals surface area contributed by atoms with Crippen LogP contribution in [0.3, 0.4) is 0 Å². The van der Waals surface area contributed by atoms with E-state index < -0.39 is 5.60 Å². The minimum absolute atomic E-state index is 0.0569. The number of amides is 1. The van der Waals surface area contributed by atoms with Crippen LogP contribution in [-0.2, 0) is 17.6 Å². The highest BCUT2D eigenvalue weighted by Crippen LogP contribution is 2.20. The van der Waals surface area contributed by atoms with Gasteiger partial charge in [-0.25, -0.2) is 0 Å². The summed E-state index contributed by atoms with van der Waals surface area (Å²) in [7, 11) is 0. The van der Waals surface area contributed by atoms with Gasteiger partial charge in [-0.3, -0.25) is 9.59 Å². The predicted molar refractivity (Wildman–Crippen MR) is 76.7 cm³/mol. The van der Waals surface area contributed by atoms with E-state index in [1.54, 1.807) is 11.8 Å². The van der Waals surface area contributed by atoms with E-state index in [1.165, 1.54) is 19.4 Å². The van der Waals surface area contributed by atoms with Crippen LogP contribution in [0, 0.1) is 0 Å². The molecule has 0 aromatic heterocycles. The van der Waals surface area contributed by atoms with Crippen LogP contribution in [0.5, 0.6) is 0 Å². The van der Waals surface area contributed by atoms with E-state index in [1.807, 2.05) is 18.2 Å². The number of benzene rings is 1. The topological polar surface area (TPSA) is 57.6 Å². The average Bonchev–Trinajstić information content (AvgIpc) is 2.58. The number of Topliss-reactive ketones (excluding diaryl/α,β-unsaturated/α-hetero) is 1. The normalized spacial score (nSPS) is 15.5. The summed E-state index contributed by atoms with van der Waals surface area (Å²) >= 11 is 0. The van der Waals surface area contributed by atoms with Crippen LogP contribution in [0.25, 0.3) is 0 Å². The zero-order chi connectivity index (χ0) is 14.9. The monoisotopic (exact) mass is 275 g/mol. The van der Waals surface area contributed by atoms with Crippen LogP contribution in [0.2, 0.25) is 0 Å². The molecular weight excluding hydrogens is 254 g/mol. The zero-order valence-electron chi connectivity index (χ0n) is 12.3. The van der Waals surface area contributed by atoms with Gasteiger partial charge in [0.25, 0.3) is 5.91 Å². The van der Waals surface area contributed by atoms with Crippen LogP contribution in [0.15, 0.2) is 18.2 Å². The van der Waals surface area contributed by atoms with Gasteiger partial charge >= 0.3 is 0 Å². The maximum Gasteiger partial charge on any atom is 0.253 e. The maximum atomic E-state index is 12.1. The molecule has 0 radical (unpaired) electrons. The number of fused-ring (bicyclic) bond motifs is 1. The lowest BCUT2D eigenvalue weighted by atomic mass is 9.99. The largest absolute Gasteiger partial charge is 0.381 e. The number of rotatable bonds is 2. The van der Waals surface area contributed by atoms with Gasteiger partial charge in [0.15, 0.2) is 5.78 Å². The standard InChI is InChI=1S/C16H21NO3/c1-11(18)13-5-4-12-6-8-17(9-7-14(12)10-13)15(19)16(2,3)20/h4-5,10,20H,6-9H2,1-3H3. The van der Waals surface area contributed by atoms with Crippen molar-refractivity contribution in [1.82, 2.24) is 4.90 Å². The van der Waals surface area contributed by atoms with Gasteiger partial charge < -0.3 is 10.0 Å². The van der Waals surface area contributed by atoms with E-state index in [4.69, 9.17) is 0 Å². The van der Waals surface area contributed by atoms with E-state index >= 15 is 0 Å². The summed E-state index contributed by atoms with van der Waals surface area (Å²) in [4.78, 5) is 25.2. The summed E-state index contributed by atoms with van der Waals surface area (Å²) < 4.78 is 0. The zero-order valence-corrected chi connectivity index (χ0v) is 12.3. The SMILES string of the molecule is CC(=O)c1ccc2c(c1)CCN(C(=O)C(C)(C)O)CC2. The third-order valence-corrected chi connectivity index (χ3v) is 3.73. The molecule has 108 valence electrons. The Hall–Kier alpha value is -1.68. The van der Waals surface area contributed by atoms with E-state index in [0.29, 0.717) is 18.7 Å². The lowest BCUT2D eigenvalue weighted by Gasteiger charge is -2.27. The number of aliphatic hydroxyl groups is 1. The van der Waals surface area contributed by atoms with E-state index in [0.717, 1.165) is 18.4 Å². The van der Waals surface area contributed by atoms with Gasteiger partial charge in [0, 0.05) is 18.7 Å². The van der Waals surface area contributed by atoms with E-state index in [-0.39, 0.29) is 11.7 Å². The second-order valence-corrected chi connectivity index (χ2v) is 5.89. The Kier molecular flexibility index (Phi) is 3.95. The molecule has 1 heterocycles. The van der Waals surface area contributed by atoms with Crippen molar-refractivity contribution < 1.29 is 14.7 Å². The molecule has 0 spiro atoms. The molecule has 1 aromatic carbocycles. The Bertz CT molecular complexity index is 543. The molecule has 20 heavy (non-hydrogen) atoms. The summed E-state index contributed by atoms with van der Waals surface area (Å²) in [5.41, 5.74) is 1.69. The van der Waals surface area contributed by atoms with Crippen LogP contribution >= 0.6 is 0 Å². The maximum absolute atomic E-state index is 12.1. The minimum atomic E-state index is -1.33. The Morgan fingerprint density at radius 1 is 1.15 bits per heavy atom. The van der Waals surface area contributed by atoms with Crippen molar-refractivity contribution in [2.24, 2.45) is 0 Å². The van der Waals surface area contributed by atoms with Gasteiger partial charge in [-0.2, -0.15) is 0 Å². The number of carbonyl (C=O) groups excluding carboxylic acids is 2. The highest BCUT2D eigenvalue weighted by molar-refractivity contribution is 5.94. The van der Waals surface area contributed by atoms with Gasteiger partial charge in [-0.05, 0) is 50.8 Å². The third kappa shape index (κ3) is 3.07. The van der Waals surface area contributed by atoms with Crippen LogP contribution in [0.4, 0.5) is 0 Å². The summed E-state index contributed by atoms with van der Waals surface area (Å²) in [6.45, 7) is 5.78. The van der Waals surface area contributed by atoms with Crippen molar-refractivity contribution >= 4 is 11.7 Å². The highest BCUT2D eigenvalue weighted by Gasteiger charge is 2.30. The van der Waals surface area contributed by atoms with E-state index in [2.05, 4.69) is 0 Å². The van der Waals surface area contributed by atoms with Crippen LogP contribution in [0.1, 0.15) is 42.3 Å². The smallest absolute Gasteiger partial charge is 0.253 e. The van der Waals surface area contributed by atoms with Gasteiger partial charge in [0.05, 0.1) is 0 Å². The molecule has 2 rings (SSSR count). The van der Waals surface area contributed by atoms with Crippen LogP contribution < -0.4 is 0 Å². The van der Waals surface area contributed by atoms with Gasteiger partial charge in [-0.15, -0.1) is 0 Å². The minimum Gasteiger partial charge on any atom is -0.381 e. The molecule has 4 nitrogen and oxygen atoms in total. The van der Waals surface area contributed by atoms with Gasteiger partial charge in [0.2, 0.25) is 0 Å². The fourth-order valence-corrected chi connectivity index (χ4v) is 2.53. The molecular formula is C16H21NO3. The second-order valence-electron chi connectivity index (χ2n) is 5.89. The number of nitrogens with zero attached hydrogens (tertiary/aromatic N) is 1. The molecule has 0 saturated heterocycles. The lowest BCUT2D eigenvalue weighted by Crippen LogP contribution is -2.46. The second kappa shape index (κ2) is 5.37. The fraction of sp³-hybridized carbons (Fsp3) is 0.500. The first kappa shape index (κ1) is 14.7. The number of carbonyl (C=O) groups is 2. The van der Waals surface area contributed by atoms with Crippen LogP contribution in [-0.4, -0.2) is 40.4 Å². The third-order valence-electron chi connectivity index (χ3n) is 3.73. The van der Waals surface area contributed by atoms with Gasteiger partial charge in [-0.1, -0.05) is 12.1 Å². The van der Waals surface area contributed by atoms with Crippen molar-refractivity contribution in [3.05, 3.63) is 34.9 Å². The summed E-state index contributed by atoms with van der Waals surface area (Å²) in [5, 5.41) is 9.83. The summed E-state index contributed by atoms with van der Waals surface area (Å²) in [5.74, 6) is -0.182. The Balaban J connectivity index is 2.19. The Labute approximate surface area is 119 Å². The predicted octanol–water partition coefficient (Wildman–Crippen LogP) is 1.59. The molecule has 1 aromatic rings. The molecule has 1 N–H and O–H groups in total. The number of hydrogen-bond donors (Lipinski definition) is 1. The van der Waals surface area contributed by atoms with Crippen molar-refractivity contribution in [3.8, 4) is 0 Å². The Morgan fingerprint density at radius 2 is 1.75 bits per heavy atom. The molecule has 1 amide bonds. The molecule has 0 aliphatic carbocycles. The average molecular weight is 275 g/mol. The molecule has 0 saturated carbocycles. The molecule has 0 fully saturated rings. The lowest BCUT2D eigenvalue weighted by molar-refractivity contribution is -0.147. The van der Waals surface area contributed by atoms with Crippen molar-refractivity contribution in [3.63, 3.8) is 0 Å².